The number of hydrogen-bond acceptors (Lipinski definition) is 15. The van der Waals surface area contributed by atoms with Gasteiger partial charge in [0.05, 0.1) is 26.4 Å². The van der Waals surface area contributed by atoms with E-state index in [9.17, 15) is 43.2 Å². The second-order valence-electron chi connectivity index (χ2n) is 26.6. The van der Waals surface area contributed by atoms with Crippen LogP contribution in [0, 0.1) is 5.92 Å². The molecule has 0 rings (SSSR count). The fourth-order valence-electron chi connectivity index (χ4n) is 11.1. The van der Waals surface area contributed by atoms with Gasteiger partial charge < -0.3 is 33.8 Å². The Balaban J connectivity index is 5.13. The number of esters is 4. The Kier molecular flexibility index (Phi) is 64.9. The van der Waals surface area contributed by atoms with Gasteiger partial charge >= 0.3 is 39.5 Å². The summed E-state index contributed by atoms with van der Waals surface area (Å²) >= 11 is 0. The lowest BCUT2D eigenvalue weighted by molar-refractivity contribution is -0.161. The number of hydrogen-bond donors (Lipinski definition) is 3. The first-order valence-corrected chi connectivity index (χ1v) is 41.2. The predicted molar refractivity (Wildman–Crippen MR) is 372 cm³/mol. The van der Waals surface area contributed by atoms with Crippen molar-refractivity contribution in [2.45, 2.75) is 400 Å². The highest BCUT2D eigenvalue weighted by atomic mass is 31.2. The first-order valence-electron chi connectivity index (χ1n) is 38.2. The summed E-state index contributed by atoms with van der Waals surface area (Å²) in [6.45, 7) is 7.21. The van der Waals surface area contributed by atoms with Gasteiger partial charge in [-0.2, -0.15) is 0 Å². The lowest BCUT2D eigenvalue weighted by Crippen LogP contribution is -2.30. The molecular formula is C73H142O17P2. The third kappa shape index (κ3) is 65.4. The number of carbonyl (C=O) groups is 4. The SMILES string of the molecule is CCCCCCCCCCCCCCCCCCCCCCC(=O)O[C@H](COC(=O)CCCCCCCCCCCCC(C)CC)COP(=O)(O)OC[C@@H](O)COP(=O)(O)OC[C@@H](COC(=O)CCCCCCC)OC(=O)CCCCCCCCCCCCCCC. The van der Waals surface area contributed by atoms with Crippen molar-refractivity contribution in [1.82, 2.24) is 0 Å². The molecule has 19 heteroatoms. The van der Waals surface area contributed by atoms with Crippen LogP contribution in [0.2, 0.25) is 0 Å². The topological polar surface area (TPSA) is 237 Å². The second-order valence-corrected chi connectivity index (χ2v) is 29.5. The smallest absolute Gasteiger partial charge is 0.462 e. The van der Waals surface area contributed by atoms with Crippen molar-refractivity contribution in [3.8, 4) is 0 Å². The van der Waals surface area contributed by atoms with E-state index in [-0.39, 0.29) is 25.7 Å². The Bertz CT molecular complexity index is 1770. The normalized spacial score (nSPS) is 14.3. The van der Waals surface area contributed by atoms with E-state index in [2.05, 4.69) is 34.6 Å². The van der Waals surface area contributed by atoms with Crippen LogP contribution in [0.3, 0.4) is 0 Å². The van der Waals surface area contributed by atoms with Crippen molar-refractivity contribution in [2.24, 2.45) is 5.92 Å². The van der Waals surface area contributed by atoms with Gasteiger partial charge in [-0.1, -0.05) is 330 Å². The maximum absolute atomic E-state index is 13.1. The van der Waals surface area contributed by atoms with Gasteiger partial charge in [-0.3, -0.25) is 37.3 Å². The van der Waals surface area contributed by atoms with Crippen LogP contribution in [0.4, 0.5) is 0 Å². The quantitative estimate of drug-likeness (QED) is 0.0222. The van der Waals surface area contributed by atoms with E-state index < -0.39 is 97.5 Å². The standard InChI is InChI=1S/C73H142O17P2/c1-6-10-13-16-18-20-22-24-25-26-27-28-29-30-32-34-40-44-49-54-59-73(78)90-69(63-84-71(76)57-52-47-42-38-36-35-37-41-46-50-55-66(5)9-4)65-88-92(81,82)86-61-67(74)60-85-91(79,80)87-64-68(62-83-70(75)56-51-45-15-12-8-3)89-72(77)58-53-48-43-39-33-31-23-21-19-17-14-11-7-2/h66-69,74H,6-65H2,1-5H3,(H,79,80)(H,81,82)/t66?,67-,68+,69+/m0/s1. The van der Waals surface area contributed by atoms with Gasteiger partial charge in [0.15, 0.2) is 12.2 Å². The lowest BCUT2D eigenvalue weighted by Gasteiger charge is -2.21. The average Bonchev–Trinajstić information content (AvgIpc) is 2.40. The zero-order valence-electron chi connectivity index (χ0n) is 59.7. The van der Waals surface area contributed by atoms with Crippen LogP contribution in [0.1, 0.15) is 381 Å². The van der Waals surface area contributed by atoms with Gasteiger partial charge in [0.1, 0.15) is 19.3 Å². The third-order valence-electron chi connectivity index (χ3n) is 17.4. The van der Waals surface area contributed by atoms with Gasteiger partial charge in [0.2, 0.25) is 0 Å². The highest BCUT2D eigenvalue weighted by Crippen LogP contribution is 2.45. The minimum absolute atomic E-state index is 0.107. The van der Waals surface area contributed by atoms with E-state index >= 15 is 0 Å². The molecule has 0 radical (unpaired) electrons. The molecular weight excluding hydrogens is 1210 g/mol. The molecule has 0 saturated heterocycles. The maximum Gasteiger partial charge on any atom is 0.472 e. The van der Waals surface area contributed by atoms with Gasteiger partial charge in [-0.25, -0.2) is 9.13 Å². The Morgan fingerprint density at radius 1 is 0.304 bits per heavy atom. The molecule has 3 N–H and O–H groups in total. The summed E-state index contributed by atoms with van der Waals surface area (Å²) < 4.78 is 68.2. The number of aliphatic hydroxyl groups is 1. The molecule has 92 heavy (non-hydrogen) atoms. The second kappa shape index (κ2) is 66.3. The molecule has 0 aromatic heterocycles. The fraction of sp³-hybridized carbons (Fsp3) is 0.945. The number of unbranched alkanes of at least 4 members (excludes halogenated alkanes) is 44. The Labute approximate surface area is 562 Å². The molecule has 0 saturated carbocycles. The lowest BCUT2D eigenvalue weighted by atomic mass is 9.99. The number of phosphoric acid groups is 2. The molecule has 0 amide bonds. The summed E-state index contributed by atoms with van der Waals surface area (Å²) in [5.41, 5.74) is 0. The van der Waals surface area contributed by atoms with Gasteiger partial charge in [-0.05, 0) is 31.6 Å². The van der Waals surface area contributed by atoms with Crippen LogP contribution in [-0.2, 0) is 65.4 Å². The summed E-state index contributed by atoms with van der Waals surface area (Å²) in [5, 5.41) is 10.6. The van der Waals surface area contributed by atoms with Crippen molar-refractivity contribution in [1.29, 1.82) is 0 Å². The van der Waals surface area contributed by atoms with Crippen molar-refractivity contribution in [2.75, 3.05) is 39.6 Å². The van der Waals surface area contributed by atoms with Crippen LogP contribution >= 0.6 is 15.6 Å². The summed E-state index contributed by atoms with van der Waals surface area (Å²) in [7, 11) is -9.89. The molecule has 0 aromatic rings. The van der Waals surface area contributed by atoms with Gasteiger partial charge in [0, 0.05) is 25.7 Å². The average molecular weight is 1350 g/mol. The Morgan fingerprint density at radius 3 is 0.772 bits per heavy atom. The zero-order chi connectivity index (χ0) is 67.7. The predicted octanol–water partition coefficient (Wildman–Crippen LogP) is 21.3. The molecule has 17 nitrogen and oxygen atoms in total. The first-order chi connectivity index (χ1) is 44.6. The van der Waals surface area contributed by atoms with E-state index in [0.717, 1.165) is 102 Å². The van der Waals surface area contributed by atoms with Crippen LogP contribution < -0.4 is 0 Å². The molecule has 0 aromatic carbocycles. The monoisotopic (exact) mass is 1350 g/mol. The zero-order valence-corrected chi connectivity index (χ0v) is 61.5. The maximum atomic E-state index is 13.1. The van der Waals surface area contributed by atoms with Crippen LogP contribution in [0.15, 0.2) is 0 Å². The Morgan fingerprint density at radius 2 is 0.522 bits per heavy atom. The summed E-state index contributed by atoms with van der Waals surface area (Å²) in [4.78, 5) is 72.4. The van der Waals surface area contributed by atoms with Crippen molar-refractivity contribution < 1.29 is 80.2 Å². The summed E-state index contributed by atoms with van der Waals surface area (Å²) in [6, 6.07) is 0. The first kappa shape index (κ1) is 90.1. The van der Waals surface area contributed by atoms with Crippen molar-refractivity contribution in [3.05, 3.63) is 0 Å². The fourth-order valence-corrected chi connectivity index (χ4v) is 12.7. The molecule has 0 aliphatic carbocycles. The van der Waals surface area contributed by atoms with Crippen LogP contribution in [-0.4, -0.2) is 96.7 Å². The third-order valence-corrected chi connectivity index (χ3v) is 19.3. The molecule has 0 spiro atoms. The van der Waals surface area contributed by atoms with E-state index in [0.29, 0.717) is 25.7 Å². The van der Waals surface area contributed by atoms with Crippen molar-refractivity contribution in [3.63, 3.8) is 0 Å². The highest BCUT2D eigenvalue weighted by molar-refractivity contribution is 7.47. The summed E-state index contributed by atoms with van der Waals surface area (Å²) in [6.07, 6.45) is 54.5. The summed E-state index contributed by atoms with van der Waals surface area (Å²) in [5.74, 6) is -1.32. The van der Waals surface area contributed by atoms with Crippen molar-refractivity contribution >= 4 is 39.5 Å². The van der Waals surface area contributed by atoms with E-state index in [1.165, 1.54) is 199 Å². The Hall–Kier alpha value is -1.94. The number of phosphoric ester groups is 2. The molecule has 546 valence electrons. The minimum atomic E-state index is -4.95. The molecule has 0 fully saturated rings. The van der Waals surface area contributed by atoms with E-state index in [1.54, 1.807) is 0 Å². The molecule has 3 unspecified atom stereocenters. The van der Waals surface area contributed by atoms with Gasteiger partial charge in [0.25, 0.3) is 0 Å². The highest BCUT2D eigenvalue weighted by Gasteiger charge is 2.30. The minimum Gasteiger partial charge on any atom is -0.462 e. The number of rotatable bonds is 73. The number of ether oxygens (including phenoxy) is 4. The van der Waals surface area contributed by atoms with Crippen LogP contribution in [0.5, 0.6) is 0 Å². The molecule has 0 aliphatic rings. The van der Waals surface area contributed by atoms with Crippen LogP contribution in [0.25, 0.3) is 0 Å². The number of carbonyl (C=O) groups excluding carboxylic acids is 4. The van der Waals surface area contributed by atoms with E-state index in [1.807, 2.05) is 0 Å². The van der Waals surface area contributed by atoms with E-state index in [4.69, 9.17) is 37.0 Å². The van der Waals surface area contributed by atoms with Gasteiger partial charge in [-0.15, -0.1) is 0 Å². The number of aliphatic hydroxyl groups excluding tert-OH is 1. The molecule has 0 aliphatic heterocycles. The molecule has 6 atom stereocenters. The largest absolute Gasteiger partial charge is 0.472 e. The molecule has 0 bridgehead atoms. The molecule has 0 heterocycles.